The van der Waals surface area contributed by atoms with E-state index in [0.29, 0.717) is 17.6 Å². The summed E-state index contributed by atoms with van der Waals surface area (Å²) in [4.78, 5) is 13.3. The molecular formula is C21H35NO3S. The molecule has 0 bridgehead atoms. The molecule has 148 valence electrons. The van der Waals surface area contributed by atoms with E-state index < -0.39 is 6.10 Å². The third-order valence-corrected chi connectivity index (χ3v) is 6.64. The number of hydrogen-bond acceptors (Lipinski definition) is 4. The molecule has 0 spiro atoms. The monoisotopic (exact) mass is 381 g/mol. The number of rotatable bonds is 9. The molecule has 2 saturated carbocycles. The predicted octanol–water partition coefficient (Wildman–Crippen LogP) is 3.60. The van der Waals surface area contributed by atoms with Crippen LogP contribution >= 0.6 is 11.8 Å². The third-order valence-electron chi connectivity index (χ3n) is 5.73. The molecule has 1 amide bonds. The highest BCUT2D eigenvalue weighted by Crippen LogP contribution is 2.50. The molecule has 0 saturated heterocycles. The molecule has 2 rings (SSSR count). The first-order valence-electron chi connectivity index (χ1n) is 9.96. The largest absolute Gasteiger partial charge is 0.392 e. The van der Waals surface area contributed by atoms with Crippen molar-refractivity contribution in [2.24, 2.45) is 17.8 Å². The van der Waals surface area contributed by atoms with E-state index in [4.69, 9.17) is 0 Å². The zero-order chi connectivity index (χ0) is 19.1. The van der Waals surface area contributed by atoms with Gasteiger partial charge in [-0.3, -0.25) is 4.79 Å². The number of amides is 1. The van der Waals surface area contributed by atoms with Crippen LogP contribution in [0.3, 0.4) is 0 Å². The summed E-state index contributed by atoms with van der Waals surface area (Å²) in [5.41, 5.74) is 1.41. The van der Waals surface area contributed by atoms with Crippen molar-refractivity contribution >= 4 is 17.7 Å². The third kappa shape index (κ3) is 6.14. The first-order valence-corrected chi connectivity index (χ1v) is 11.0. The quantitative estimate of drug-likeness (QED) is 0.473. The highest BCUT2D eigenvalue weighted by atomic mass is 32.2. The van der Waals surface area contributed by atoms with Crippen LogP contribution in [0, 0.1) is 17.8 Å². The number of nitrogens with zero attached hydrogens (tertiary/aromatic N) is 1. The average Bonchev–Trinajstić information content (AvgIpc) is 3.09. The lowest BCUT2D eigenvalue weighted by molar-refractivity contribution is -0.125. The van der Waals surface area contributed by atoms with E-state index in [9.17, 15) is 15.0 Å². The fourth-order valence-corrected chi connectivity index (χ4v) is 5.10. The standard InChI is InChI=1S/C21H35NO3S/c1-4-5-6-7-17(23)8-9-18-19-11-15(10-16(19)12-20(18)24)13-26-14-21(25)22(2)3/h8-9,13,16-20,23-24H,4-7,10-12,14H2,1-3H3/b9-8+,15-13?/t16-,17-,18+,19-,20+/m0/s1. The second kappa shape index (κ2) is 10.5. The van der Waals surface area contributed by atoms with E-state index in [1.54, 1.807) is 30.8 Å². The molecule has 2 fully saturated rings. The molecule has 2 aliphatic rings. The summed E-state index contributed by atoms with van der Waals surface area (Å²) in [5, 5.41) is 22.7. The summed E-state index contributed by atoms with van der Waals surface area (Å²) in [7, 11) is 3.57. The van der Waals surface area contributed by atoms with Gasteiger partial charge in [0.05, 0.1) is 18.0 Å². The van der Waals surface area contributed by atoms with Crippen molar-refractivity contribution < 1.29 is 15.0 Å². The van der Waals surface area contributed by atoms with Gasteiger partial charge in [-0.15, -0.1) is 11.8 Å². The smallest absolute Gasteiger partial charge is 0.232 e. The van der Waals surface area contributed by atoms with Crippen molar-refractivity contribution in [3.8, 4) is 0 Å². The Morgan fingerprint density at radius 3 is 2.81 bits per heavy atom. The summed E-state index contributed by atoms with van der Waals surface area (Å²) in [5.74, 6) is 1.79. The van der Waals surface area contributed by atoms with Crippen molar-refractivity contribution in [3.05, 3.63) is 23.1 Å². The SMILES string of the molecule is CCCCC[C@H](O)/C=C/[C@@H]1[C@H]2CC(=CSCC(=O)N(C)C)C[C@H]2C[C@H]1O. The number of aliphatic hydroxyl groups excluding tert-OH is 2. The summed E-state index contributed by atoms with van der Waals surface area (Å²) in [6, 6.07) is 0. The average molecular weight is 382 g/mol. The minimum absolute atomic E-state index is 0.137. The van der Waals surface area contributed by atoms with Gasteiger partial charge >= 0.3 is 0 Å². The van der Waals surface area contributed by atoms with E-state index in [-0.39, 0.29) is 17.9 Å². The Balaban J connectivity index is 1.84. The van der Waals surface area contributed by atoms with Gasteiger partial charge in [-0.1, -0.05) is 43.9 Å². The maximum absolute atomic E-state index is 11.7. The molecule has 2 aliphatic carbocycles. The highest BCUT2D eigenvalue weighted by molar-refractivity contribution is 8.02. The molecule has 4 nitrogen and oxygen atoms in total. The molecule has 0 aromatic rings. The van der Waals surface area contributed by atoms with Gasteiger partial charge in [-0.05, 0) is 42.9 Å². The summed E-state index contributed by atoms with van der Waals surface area (Å²) in [6.07, 6.45) is 10.4. The fraction of sp³-hybridized carbons (Fsp3) is 0.762. The molecule has 5 heteroatoms. The lowest BCUT2D eigenvalue weighted by Gasteiger charge is -2.17. The van der Waals surface area contributed by atoms with Gasteiger partial charge < -0.3 is 15.1 Å². The van der Waals surface area contributed by atoms with Crippen LogP contribution in [-0.2, 0) is 4.79 Å². The number of carbonyl (C=O) groups is 1. The van der Waals surface area contributed by atoms with E-state index in [0.717, 1.165) is 44.9 Å². The molecule has 0 aromatic heterocycles. The predicted molar refractivity (Wildman–Crippen MR) is 109 cm³/mol. The molecule has 26 heavy (non-hydrogen) atoms. The van der Waals surface area contributed by atoms with Crippen molar-refractivity contribution in [2.45, 2.75) is 64.1 Å². The number of hydrogen-bond donors (Lipinski definition) is 2. The fourth-order valence-electron chi connectivity index (χ4n) is 4.19. The van der Waals surface area contributed by atoms with Crippen LogP contribution in [0.15, 0.2) is 23.1 Å². The molecule has 0 aliphatic heterocycles. The summed E-state index contributed by atoms with van der Waals surface area (Å²) >= 11 is 1.58. The Morgan fingerprint density at radius 1 is 1.35 bits per heavy atom. The molecule has 0 radical (unpaired) electrons. The van der Waals surface area contributed by atoms with Crippen LogP contribution in [-0.4, -0.2) is 53.1 Å². The van der Waals surface area contributed by atoms with Crippen molar-refractivity contribution in [1.29, 1.82) is 0 Å². The van der Waals surface area contributed by atoms with Crippen LogP contribution in [0.2, 0.25) is 0 Å². The second-order valence-electron chi connectivity index (χ2n) is 8.04. The minimum atomic E-state index is -0.392. The van der Waals surface area contributed by atoms with Gasteiger partial charge in [0, 0.05) is 20.0 Å². The Kier molecular flexibility index (Phi) is 8.71. The van der Waals surface area contributed by atoms with Crippen LogP contribution in [0.4, 0.5) is 0 Å². The molecule has 0 aromatic carbocycles. The molecule has 0 unspecified atom stereocenters. The number of carbonyl (C=O) groups excluding carboxylic acids is 1. The Labute approximate surface area is 162 Å². The lowest BCUT2D eigenvalue weighted by Crippen LogP contribution is -2.23. The van der Waals surface area contributed by atoms with Gasteiger partial charge in [0.1, 0.15) is 0 Å². The minimum Gasteiger partial charge on any atom is -0.392 e. The van der Waals surface area contributed by atoms with E-state index in [2.05, 4.69) is 18.4 Å². The lowest BCUT2D eigenvalue weighted by atomic mass is 9.90. The van der Waals surface area contributed by atoms with E-state index in [1.165, 1.54) is 5.57 Å². The number of thioether (sulfide) groups is 1. The summed E-state index contributed by atoms with van der Waals surface area (Å²) in [6.45, 7) is 2.16. The van der Waals surface area contributed by atoms with Crippen molar-refractivity contribution in [3.63, 3.8) is 0 Å². The number of allylic oxidation sites excluding steroid dienone is 1. The molecule has 0 heterocycles. The maximum Gasteiger partial charge on any atom is 0.232 e. The van der Waals surface area contributed by atoms with Gasteiger partial charge in [-0.2, -0.15) is 0 Å². The van der Waals surface area contributed by atoms with Crippen LogP contribution in [0.25, 0.3) is 0 Å². The zero-order valence-corrected chi connectivity index (χ0v) is 17.3. The molecule has 2 N–H and O–H groups in total. The van der Waals surface area contributed by atoms with Crippen LogP contribution < -0.4 is 0 Å². The van der Waals surface area contributed by atoms with Crippen LogP contribution in [0.1, 0.15) is 51.9 Å². The zero-order valence-electron chi connectivity index (χ0n) is 16.4. The van der Waals surface area contributed by atoms with Crippen molar-refractivity contribution in [2.75, 3.05) is 19.8 Å². The topological polar surface area (TPSA) is 60.8 Å². The molecule has 5 atom stereocenters. The maximum atomic E-state index is 11.7. The molecular weight excluding hydrogens is 346 g/mol. The van der Waals surface area contributed by atoms with Gasteiger partial charge in [-0.25, -0.2) is 0 Å². The Bertz CT molecular complexity index is 517. The van der Waals surface area contributed by atoms with E-state index >= 15 is 0 Å². The van der Waals surface area contributed by atoms with Crippen molar-refractivity contribution in [1.82, 2.24) is 4.90 Å². The van der Waals surface area contributed by atoms with Gasteiger partial charge in [0.25, 0.3) is 0 Å². The number of aliphatic hydroxyl groups is 2. The Morgan fingerprint density at radius 2 is 2.12 bits per heavy atom. The normalized spacial score (nSPS) is 30.9. The highest BCUT2D eigenvalue weighted by Gasteiger charge is 2.45. The van der Waals surface area contributed by atoms with Crippen LogP contribution in [0.5, 0.6) is 0 Å². The first-order chi connectivity index (χ1) is 12.4. The summed E-state index contributed by atoms with van der Waals surface area (Å²) < 4.78 is 0. The van der Waals surface area contributed by atoms with Gasteiger partial charge in [0.2, 0.25) is 5.91 Å². The first kappa shape index (κ1) is 21.5. The Hall–Kier alpha value is -0.780. The number of unbranched alkanes of at least 4 members (excludes halogenated alkanes) is 2. The van der Waals surface area contributed by atoms with E-state index in [1.807, 2.05) is 6.08 Å². The van der Waals surface area contributed by atoms with Gasteiger partial charge in [0.15, 0.2) is 0 Å². The second-order valence-corrected chi connectivity index (χ2v) is 8.89. The number of fused-ring (bicyclic) bond motifs is 1.